The Morgan fingerprint density at radius 2 is 1.19 bits per heavy atom. The lowest BCUT2D eigenvalue weighted by atomic mass is 9.54. The third-order valence-corrected chi connectivity index (χ3v) is 7.40. The van der Waals surface area contributed by atoms with Gasteiger partial charge in [-0.15, -0.1) is 0 Å². The van der Waals surface area contributed by atoms with Gasteiger partial charge in [-0.2, -0.15) is 0 Å². The van der Waals surface area contributed by atoms with Crippen LogP contribution in [0.2, 0.25) is 0 Å². The van der Waals surface area contributed by atoms with Crippen LogP contribution in [0.15, 0.2) is 36.4 Å². The van der Waals surface area contributed by atoms with E-state index in [2.05, 4.69) is 35.1 Å². The highest BCUT2D eigenvalue weighted by Gasteiger charge is 2.47. The minimum absolute atomic E-state index is 0.0407. The molecule has 32 heavy (non-hydrogen) atoms. The van der Waals surface area contributed by atoms with E-state index in [0.717, 1.165) is 40.0 Å². The number of benzene rings is 2. The van der Waals surface area contributed by atoms with Crippen molar-refractivity contribution in [2.75, 3.05) is 23.7 Å². The van der Waals surface area contributed by atoms with Crippen molar-refractivity contribution < 1.29 is 9.59 Å². The van der Waals surface area contributed by atoms with E-state index < -0.39 is 0 Å². The zero-order valence-electron chi connectivity index (χ0n) is 20.1. The number of rotatable bonds is 6. The Labute approximate surface area is 191 Å². The zero-order chi connectivity index (χ0) is 23.5. The average molecular weight is 437 g/mol. The highest BCUT2D eigenvalue weighted by molar-refractivity contribution is 5.90. The second-order valence-electron chi connectivity index (χ2n) is 9.62. The van der Waals surface area contributed by atoms with Crippen molar-refractivity contribution >= 4 is 23.4 Å². The van der Waals surface area contributed by atoms with E-state index in [9.17, 15) is 9.59 Å². The Morgan fingerprint density at radius 3 is 1.56 bits per heavy atom. The molecule has 2 unspecified atom stereocenters. The molecule has 1 aliphatic rings. The predicted molar refractivity (Wildman–Crippen MR) is 131 cm³/mol. The third kappa shape index (κ3) is 5.23. The standard InChI is InChI=1S/C26H36N4O2/c1-16-9-7-11-22(18(16)3)29-24(31)27-14-20-13-21(26(20,5)6)15-28-25(32)30-23-12-8-10-17(2)19(23)4/h7-12,20-21H,13-15H2,1-6H3,(H2,27,29,31)(H2,28,30,32). The molecule has 0 radical (unpaired) electrons. The molecule has 1 saturated carbocycles. The molecule has 0 spiro atoms. The quantitative estimate of drug-likeness (QED) is 0.480. The summed E-state index contributed by atoms with van der Waals surface area (Å²) < 4.78 is 0. The summed E-state index contributed by atoms with van der Waals surface area (Å²) in [5.74, 6) is 0.751. The van der Waals surface area contributed by atoms with Gasteiger partial charge in [0.05, 0.1) is 0 Å². The van der Waals surface area contributed by atoms with Crippen LogP contribution in [0.1, 0.15) is 42.5 Å². The van der Waals surface area contributed by atoms with Crippen LogP contribution in [0, 0.1) is 44.9 Å². The zero-order valence-corrected chi connectivity index (χ0v) is 20.1. The molecule has 2 aromatic carbocycles. The van der Waals surface area contributed by atoms with Gasteiger partial charge in [0.2, 0.25) is 0 Å². The molecule has 4 amide bonds. The Hall–Kier alpha value is -3.02. The number of hydrogen-bond acceptors (Lipinski definition) is 2. The van der Waals surface area contributed by atoms with Crippen LogP contribution in [0.5, 0.6) is 0 Å². The number of carbonyl (C=O) groups excluding carboxylic acids is 2. The van der Waals surface area contributed by atoms with Crippen molar-refractivity contribution in [2.45, 2.75) is 48.0 Å². The maximum Gasteiger partial charge on any atom is 0.319 e. The first-order valence-corrected chi connectivity index (χ1v) is 11.3. The lowest BCUT2D eigenvalue weighted by Gasteiger charge is -2.52. The maximum atomic E-state index is 12.4. The molecular weight excluding hydrogens is 400 g/mol. The van der Waals surface area contributed by atoms with Gasteiger partial charge in [0, 0.05) is 24.5 Å². The molecule has 1 fully saturated rings. The van der Waals surface area contributed by atoms with Crippen LogP contribution in [0.4, 0.5) is 21.0 Å². The Morgan fingerprint density at radius 1 is 0.781 bits per heavy atom. The van der Waals surface area contributed by atoms with E-state index in [1.54, 1.807) is 0 Å². The molecule has 0 aliphatic heterocycles. The molecule has 6 heteroatoms. The summed E-state index contributed by atoms with van der Waals surface area (Å²) in [5, 5.41) is 11.9. The van der Waals surface area contributed by atoms with Crippen molar-refractivity contribution in [3.8, 4) is 0 Å². The Bertz CT molecular complexity index is 922. The molecule has 0 bridgehead atoms. The molecular formula is C26H36N4O2. The van der Waals surface area contributed by atoms with E-state index in [0.29, 0.717) is 24.9 Å². The van der Waals surface area contributed by atoms with Gasteiger partial charge < -0.3 is 21.3 Å². The fourth-order valence-electron chi connectivity index (χ4n) is 4.35. The summed E-state index contributed by atoms with van der Waals surface area (Å²) in [4.78, 5) is 24.7. The molecule has 1 aliphatic carbocycles. The van der Waals surface area contributed by atoms with Crippen LogP contribution in [0.25, 0.3) is 0 Å². The van der Waals surface area contributed by atoms with Crippen LogP contribution in [-0.2, 0) is 0 Å². The van der Waals surface area contributed by atoms with E-state index in [1.165, 1.54) is 0 Å². The number of aryl methyl sites for hydroxylation is 2. The fourth-order valence-corrected chi connectivity index (χ4v) is 4.35. The second kappa shape index (κ2) is 9.63. The molecule has 2 aromatic rings. The van der Waals surface area contributed by atoms with Crippen molar-refractivity contribution in [1.82, 2.24) is 10.6 Å². The van der Waals surface area contributed by atoms with Crippen molar-refractivity contribution in [1.29, 1.82) is 0 Å². The molecule has 0 aromatic heterocycles. The average Bonchev–Trinajstić information content (AvgIpc) is 2.73. The van der Waals surface area contributed by atoms with Crippen molar-refractivity contribution in [3.63, 3.8) is 0 Å². The van der Waals surface area contributed by atoms with E-state index in [4.69, 9.17) is 0 Å². The molecule has 3 rings (SSSR count). The van der Waals surface area contributed by atoms with Gasteiger partial charge in [-0.05, 0) is 85.8 Å². The van der Waals surface area contributed by atoms with Crippen molar-refractivity contribution in [2.24, 2.45) is 17.3 Å². The normalized spacial score (nSPS) is 18.9. The van der Waals surface area contributed by atoms with Gasteiger partial charge in [-0.1, -0.05) is 38.1 Å². The first kappa shape index (κ1) is 23.6. The summed E-state index contributed by atoms with van der Waals surface area (Å²) in [6, 6.07) is 11.4. The topological polar surface area (TPSA) is 82.3 Å². The Balaban J connectivity index is 1.43. The van der Waals surface area contributed by atoms with Crippen LogP contribution in [0.3, 0.4) is 0 Å². The summed E-state index contributed by atoms with van der Waals surface area (Å²) in [7, 11) is 0. The smallest absolute Gasteiger partial charge is 0.319 e. The van der Waals surface area contributed by atoms with Crippen LogP contribution in [-0.4, -0.2) is 25.2 Å². The lowest BCUT2D eigenvalue weighted by Crippen LogP contribution is -2.54. The minimum Gasteiger partial charge on any atom is -0.338 e. The number of nitrogens with one attached hydrogen (secondary N) is 4. The first-order chi connectivity index (χ1) is 15.1. The largest absolute Gasteiger partial charge is 0.338 e. The molecule has 2 atom stereocenters. The summed E-state index contributed by atoms with van der Waals surface area (Å²) in [5.41, 5.74) is 6.19. The van der Waals surface area contributed by atoms with Gasteiger partial charge in [0.15, 0.2) is 0 Å². The highest BCUT2D eigenvalue weighted by atomic mass is 16.2. The van der Waals surface area contributed by atoms with Crippen LogP contribution >= 0.6 is 0 Å². The maximum absolute atomic E-state index is 12.4. The monoisotopic (exact) mass is 436 g/mol. The van der Waals surface area contributed by atoms with E-state index in [1.807, 2.05) is 64.1 Å². The van der Waals surface area contributed by atoms with Gasteiger partial charge in [-0.3, -0.25) is 0 Å². The van der Waals surface area contributed by atoms with E-state index in [-0.39, 0.29) is 17.5 Å². The first-order valence-electron chi connectivity index (χ1n) is 11.3. The number of urea groups is 2. The van der Waals surface area contributed by atoms with Crippen LogP contribution < -0.4 is 21.3 Å². The predicted octanol–water partition coefficient (Wildman–Crippen LogP) is 5.53. The number of carbonyl (C=O) groups is 2. The summed E-state index contributed by atoms with van der Waals surface area (Å²) in [6.07, 6.45) is 0.973. The fraction of sp³-hybridized carbons (Fsp3) is 0.462. The molecule has 6 nitrogen and oxygen atoms in total. The molecule has 172 valence electrons. The van der Waals surface area contributed by atoms with Crippen molar-refractivity contribution in [3.05, 3.63) is 58.7 Å². The second-order valence-corrected chi connectivity index (χ2v) is 9.62. The van der Waals surface area contributed by atoms with E-state index >= 15 is 0 Å². The Kier molecular flexibility index (Phi) is 7.12. The number of hydrogen-bond donors (Lipinski definition) is 4. The summed E-state index contributed by atoms with van der Waals surface area (Å²) in [6.45, 7) is 13.7. The van der Waals surface area contributed by atoms with Gasteiger partial charge in [0.25, 0.3) is 0 Å². The van der Waals surface area contributed by atoms with Gasteiger partial charge in [0.1, 0.15) is 0 Å². The summed E-state index contributed by atoms with van der Waals surface area (Å²) >= 11 is 0. The highest BCUT2D eigenvalue weighted by Crippen LogP contribution is 2.50. The lowest BCUT2D eigenvalue weighted by molar-refractivity contribution is -0.0142. The van der Waals surface area contributed by atoms with Gasteiger partial charge >= 0.3 is 12.1 Å². The molecule has 4 N–H and O–H groups in total. The van der Waals surface area contributed by atoms with Gasteiger partial charge in [-0.25, -0.2) is 9.59 Å². The minimum atomic E-state index is -0.177. The number of amides is 4. The number of anilines is 2. The molecule has 0 heterocycles. The molecule has 0 saturated heterocycles. The third-order valence-electron chi connectivity index (χ3n) is 7.40. The SMILES string of the molecule is Cc1cccc(NC(=O)NCC2CC(CNC(=O)Nc3cccc(C)c3C)C2(C)C)c1C.